The number of ether oxygens (including phenoxy) is 1. The number of carbonyl (C=O) groups is 2. The van der Waals surface area contributed by atoms with Crippen molar-refractivity contribution in [3.05, 3.63) is 11.4 Å². The monoisotopic (exact) mass is 459 g/mol. The van der Waals surface area contributed by atoms with Crippen LogP contribution in [0.2, 0.25) is 0 Å². The molecular formula is C19H33N5O6S. The van der Waals surface area contributed by atoms with Crippen molar-refractivity contribution in [1.29, 1.82) is 5.53 Å². The van der Waals surface area contributed by atoms with Gasteiger partial charge in [0.25, 0.3) is 10.1 Å². The molecule has 0 radical (unpaired) electrons. The van der Waals surface area contributed by atoms with E-state index >= 15 is 0 Å². The van der Waals surface area contributed by atoms with E-state index < -0.39 is 33.9 Å². The van der Waals surface area contributed by atoms with Crippen LogP contribution in [0.5, 0.6) is 0 Å². The van der Waals surface area contributed by atoms with Crippen molar-refractivity contribution in [2.24, 2.45) is 22.9 Å². The van der Waals surface area contributed by atoms with Gasteiger partial charge in [0.15, 0.2) is 5.25 Å². The number of alkyl carbamates (subject to hydrolysis) is 1. The number of rotatable bonds is 11. The van der Waals surface area contributed by atoms with Gasteiger partial charge in [-0.05, 0) is 56.8 Å². The van der Waals surface area contributed by atoms with Gasteiger partial charge in [-0.1, -0.05) is 6.92 Å². The molecule has 0 aliphatic heterocycles. The zero-order valence-electron chi connectivity index (χ0n) is 18.0. The third-order valence-electron chi connectivity index (χ3n) is 5.86. The molecule has 0 spiro atoms. The van der Waals surface area contributed by atoms with Crippen LogP contribution in [0.4, 0.5) is 4.79 Å². The van der Waals surface area contributed by atoms with Gasteiger partial charge in [-0.25, -0.2) is 10.3 Å². The van der Waals surface area contributed by atoms with Gasteiger partial charge in [-0.15, -0.1) is 0 Å². The summed E-state index contributed by atoms with van der Waals surface area (Å²) in [7, 11) is -4.67. The molecule has 12 heteroatoms. The van der Waals surface area contributed by atoms with Gasteiger partial charge in [-0.3, -0.25) is 9.35 Å². The summed E-state index contributed by atoms with van der Waals surface area (Å²) in [5.41, 5.74) is 9.19. The molecule has 2 aliphatic carbocycles. The minimum Gasteiger partial charge on any atom is -0.449 e. The Hall–Kier alpha value is -2.21. The molecular weight excluding hydrogens is 426 g/mol. The van der Waals surface area contributed by atoms with Crippen LogP contribution >= 0.6 is 0 Å². The Labute approximate surface area is 183 Å². The molecule has 0 aromatic rings. The highest BCUT2D eigenvalue weighted by molar-refractivity contribution is 7.87. The Morgan fingerprint density at radius 1 is 1.23 bits per heavy atom. The fourth-order valence-corrected chi connectivity index (χ4v) is 4.81. The third-order valence-corrected chi connectivity index (χ3v) is 6.96. The highest BCUT2D eigenvalue weighted by Crippen LogP contribution is 2.54. The second-order valence-corrected chi connectivity index (χ2v) is 9.51. The van der Waals surface area contributed by atoms with Gasteiger partial charge >= 0.3 is 6.09 Å². The smallest absolute Gasteiger partial charge is 0.407 e. The SMILES string of the molecule is CCCNC(=O)C(CNC(=O)OC[C@@H]1[C@@H]2CC/C(N=N)=C(/NCC)CC[C@@H]21)S(=O)(=O)O. The first-order chi connectivity index (χ1) is 14.7. The van der Waals surface area contributed by atoms with Crippen molar-refractivity contribution in [1.82, 2.24) is 16.0 Å². The molecule has 5 N–H and O–H groups in total. The van der Waals surface area contributed by atoms with Crippen molar-refractivity contribution >= 4 is 22.1 Å². The van der Waals surface area contributed by atoms with Crippen LogP contribution in [-0.2, 0) is 19.6 Å². The van der Waals surface area contributed by atoms with Crippen LogP contribution in [0.15, 0.2) is 16.5 Å². The molecule has 1 unspecified atom stereocenters. The van der Waals surface area contributed by atoms with E-state index in [9.17, 15) is 22.6 Å². The zero-order valence-corrected chi connectivity index (χ0v) is 18.8. The molecule has 0 bridgehead atoms. The first-order valence-corrected chi connectivity index (χ1v) is 12.2. The normalized spacial score (nSPS) is 26.5. The van der Waals surface area contributed by atoms with Crippen molar-refractivity contribution in [3.8, 4) is 0 Å². The Balaban J connectivity index is 1.81. The quantitative estimate of drug-likeness (QED) is 0.231. The van der Waals surface area contributed by atoms with Crippen molar-refractivity contribution in [2.45, 2.75) is 51.2 Å². The largest absolute Gasteiger partial charge is 0.449 e. The summed E-state index contributed by atoms with van der Waals surface area (Å²) in [6.45, 7) is 4.47. The zero-order chi connectivity index (χ0) is 23.0. The maximum Gasteiger partial charge on any atom is 0.407 e. The summed E-state index contributed by atoms with van der Waals surface area (Å²) < 4.78 is 37.4. The molecule has 2 amide bonds. The summed E-state index contributed by atoms with van der Waals surface area (Å²) in [5, 5.41) is 9.81. The topological polar surface area (TPSA) is 170 Å². The molecule has 176 valence electrons. The van der Waals surface area contributed by atoms with E-state index in [0.717, 1.165) is 37.2 Å². The third kappa shape index (κ3) is 7.17. The highest BCUT2D eigenvalue weighted by atomic mass is 32.2. The fraction of sp³-hybridized carbons (Fsp3) is 0.789. The molecule has 1 fully saturated rings. The molecule has 11 nitrogen and oxygen atoms in total. The number of carbonyl (C=O) groups excluding carboxylic acids is 2. The van der Waals surface area contributed by atoms with Gasteiger partial charge in [-0.2, -0.15) is 13.5 Å². The predicted octanol–water partition coefficient (Wildman–Crippen LogP) is 1.78. The maximum atomic E-state index is 12.0. The fourth-order valence-electron chi connectivity index (χ4n) is 4.16. The molecule has 31 heavy (non-hydrogen) atoms. The number of fused-ring (bicyclic) bond motifs is 1. The Morgan fingerprint density at radius 2 is 1.90 bits per heavy atom. The number of nitrogens with zero attached hydrogens (tertiary/aromatic N) is 1. The van der Waals surface area contributed by atoms with Crippen LogP contribution in [0.25, 0.3) is 0 Å². The second kappa shape index (κ2) is 11.4. The number of nitrogens with one attached hydrogen (secondary N) is 4. The molecule has 4 atom stereocenters. The summed E-state index contributed by atoms with van der Waals surface area (Å²) in [5.74, 6) is 0.172. The van der Waals surface area contributed by atoms with E-state index in [1.807, 2.05) is 6.92 Å². The summed E-state index contributed by atoms with van der Waals surface area (Å²) in [6, 6.07) is 0. The van der Waals surface area contributed by atoms with Crippen molar-refractivity contribution < 1.29 is 27.3 Å². The van der Waals surface area contributed by atoms with E-state index in [2.05, 4.69) is 21.1 Å². The predicted molar refractivity (Wildman–Crippen MR) is 113 cm³/mol. The molecule has 2 rings (SSSR count). The first kappa shape index (κ1) is 25.1. The summed E-state index contributed by atoms with van der Waals surface area (Å²) in [4.78, 5) is 23.9. The molecule has 0 aromatic heterocycles. The number of amides is 2. The van der Waals surface area contributed by atoms with Gasteiger partial charge in [0.1, 0.15) is 0 Å². The van der Waals surface area contributed by atoms with E-state index in [1.165, 1.54) is 0 Å². The number of hydrogen-bond donors (Lipinski definition) is 5. The van der Waals surface area contributed by atoms with E-state index in [1.54, 1.807) is 6.92 Å². The average molecular weight is 460 g/mol. The second-order valence-electron chi connectivity index (χ2n) is 7.91. The highest BCUT2D eigenvalue weighted by Gasteiger charge is 2.50. The summed E-state index contributed by atoms with van der Waals surface area (Å²) >= 11 is 0. The molecule has 2 aliphatic rings. The van der Waals surface area contributed by atoms with Gasteiger partial charge in [0.2, 0.25) is 5.91 Å². The Kier molecular flexibility index (Phi) is 9.23. The average Bonchev–Trinajstić information content (AvgIpc) is 3.36. The standard InChI is InChI=1S/C19H33N5O6S/c1-3-9-22-18(25)17(31(27,28)29)10-23-19(26)30-11-14-12-5-7-15(21-4-2)16(24-20)8-6-13(12)14/h12-14,17,20-21H,3-11H2,1-2H3,(H,22,25)(H,23,26)(H,27,28,29)/b16-15-,24-20?/t12-,13+,14-,17?/m0/s1. The van der Waals surface area contributed by atoms with Crippen molar-refractivity contribution in [2.75, 3.05) is 26.2 Å². The maximum absolute atomic E-state index is 12.0. The Morgan fingerprint density at radius 3 is 2.48 bits per heavy atom. The lowest BCUT2D eigenvalue weighted by Gasteiger charge is -2.15. The molecule has 0 heterocycles. The van der Waals surface area contributed by atoms with Crippen LogP contribution in [-0.4, -0.2) is 56.5 Å². The van der Waals surface area contributed by atoms with Crippen molar-refractivity contribution in [3.63, 3.8) is 0 Å². The van der Waals surface area contributed by atoms with E-state index in [-0.39, 0.29) is 19.1 Å². The first-order valence-electron chi connectivity index (χ1n) is 10.7. The van der Waals surface area contributed by atoms with E-state index in [0.29, 0.717) is 24.7 Å². The van der Waals surface area contributed by atoms with Crippen LogP contribution < -0.4 is 16.0 Å². The minimum atomic E-state index is -4.67. The van der Waals surface area contributed by atoms with Crippen LogP contribution in [0.1, 0.15) is 46.0 Å². The van der Waals surface area contributed by atoms with Crippen LogP contribution in [0.3, 0.4) is 0 Å². The lowest BCUT2D eigenvalue weighted by Crippen LogP contribution is -2.47. The van der Waals surface area contributed by atoms with Gasteiger partial charge in [0, 0.05) is 25.3 Å². The number of hydrogen-bond acceptors (Lipinski definition) is 8. The lowest BCUT2D eigenvalue weighted by molar-refractivity contribution is -0.120. The lowest BCUT2D eigenvalue weighted by atomic mass is 10.0. The van der Waals surface area contributed by atoms with Gasteiger partial charge in [0.05, 0.1) is 12.3 Å². The summed E-state index contributed by atoms with van der Waals surface area (Å²) in [6.07, 6.45) is 3.08. The molecule has 1 saturated carbocycles. The minimum absolute atomic E-state index is 0.198. The molecule has 0 aromatic carbocycles. The van der Waals surface area contributed by atoms with E-state index in [4.69, 9.17) is 10.3 Å². The number of allylic oxidation sites excluding steroid dienone is 2. The van der Waals surface area contributed by atoms with Gasteiger partial charge < -0.3 is 20.7 Å². The Bertz CT molecular complexity index is 800. The van der Waals surface area contributed by atoms with Crippen LogP contribution in [0, 0.1) is 23.3 Å². The molecule has 0 saturated heterocycles.